The number of nitrogens with zero attached hydrogens (tertiary/aromatic N) is 4. The van der Waals surface area contributed by atoms with Crippen LogP contribution in [-0.2, 0) is 0 Å². The van der Waals surface area contributed by atoms with Crippen molar-refractivity contribution in [1.29, 1.82) is 0 Å². The van der Waals surface area contributed by atoms with Crippen LogP contribution in [-0.4, -0.2) is 36.8 Å². The Labute approximate surface area is 202 Å². The highest BCUT2D eigenvalue weighted by Crippen LogP contribution is 2.23. The summed E-state index contributed by atoms with van der Waals surface area (Å²) in [5, 5.41) is 14.2. The molecule has 0 aliphatic heterocycles. The molecule has 5 rings (SSSR count). The average Bonchev–Trinajstić information content (AvgIpc) is 3.41. The van der Waals surface area contributed by atoms with Crippen LogP contribution in [0.4, 0.5) is 0 Å². The number of fused-ring (bicyclic) bond motifs is 2. The van der Waals surface area contributed by atoms with Gasteiger partial charge in [0.1, 0.15) is 5.52 Å². The molecule has 8 heteroatoms. The predicted octanol–water partition coefficient (Wildman–Crippen LogP) is 4.28. The van der Waals surface area contributed by atoms with Gasteiger partial charge in [0, 0.05) is 23.9 Å². The standard InChI is InChI=1S/C27H28N6O2/c1-16(2)25(33-18(4)11-17(3)30-33)14-28-26(34)22-13-24-27(35)29-23(15-32(24)31-22)21-10-9-19-7-5-6-8-20(19)12-21/h5-13,15-16,25H,14H2,1-4H3,(H,28,34)(H,29,35). The van der Waals surface area contributed by atoms with Gasteiger partial charge in [0.15, 0.2) is 5.69 Å². The van der Waals surface area contributed by atoms with Gasteiger partial charge in [-0.05, 0) is 42.7 Å². The largest absolute Gasteiger partial charge is 0.348 e. The first-order chi connectivity index (χ1) is 16.8. The van der Waals surface area contributed by atoms with E-state index < -0.39 is 0 Å². The molecule has 0 radical (unpaired) electrons. The first-order valence-electron chi connectivity index (χ1n) is 11.7. The van der Waals surface area contributed by atoms with E-state index in [2.05, 4.69) is 34.3 Å². The summed E-state index contributed by atoms with van der Waals surface area (Å²) in [5.74, 6) is -0.0609. The van der Waals surface area contributed by atoms with Gasteiger partial charge in [-0.15, -0.1) is 0 Å². The highest BCUT2D eigenvalue weighted by Gasteiger charge is 2.21. The summed E-state index contributed by atoms with van der Waals surface area (Å²) in [7, 11) is 0. The van der Waals surface area contributed by atoms with E-state index in [0.717, 1.165) is 27.7 Å². The van der Waals surface area contributed by atoms with E-state index in [4.69, 9.17) is 0 Å². The van der Waals surface area contributed by atoms with Crippen molar-refractivity contribution in [3.8, 4) is 11.3 Å². The Bertz CT molecular complexity index is 1610. The van der Waals surface area contributed by atoms with Crippen LogP contribution in [0.2, 0.25) is 0 Å². The summed E-state index contributed by atoms with van der Waals surface area (Å²) in [4.78, 5) is 28.7. The van der Waals surface area contributed by atoms with Gasteiger partial charge < -0.3 is 10.3 Å². The number of nitrogens with one attached hydrogen (secondary N) is 2. The molecular weight excluding hydrogens is 440 g/mol. The van der Waals surface area contributed by atoms with Crippen molar-refractivity contribution in [3.63, 3.8) is 0 Å². The van der Waals surface area contributed by atoms with Crippen LogP contribution >= 0.6 is 0 Å². The van der Waals surface area contributed by atoms with Gasteiger partial charge in [-0.3, -0.25) is 14.3 Å². The van der Waals surface area contributed by atoms with Gasteiger partial charge in [-0.2, -0.15) is 10.2 Å². The van der Waals surface area contributed by atoms with Crippen molar-refractivity contribution in [1.82, 2.24) is 29.7 Å². The third-order valence-corrected chi connectivity index (χ3v) is 6.36. The molecule has 3 heterocycles. The second kappa shape index (κ2) is 8.87. The van der Waals surface area contributed by atoms with E-state index >= 15 is 0 Å². The lowest BCUT2D eigenvalue weighted by atomic mass is 10.0. The van der Waals surface area contributed by atoms with Crippen molar-refractivity contribution >= 4 is 22.2 Å². The third-order valence-electron chi connectivity index (χ3n) is 6.36. The number of amides is 1. The number of H-pyrrole nitrogens is 1. The van der Waals surface area contributed by atoms with Crippen molar-refractivity contribution in [2.75, 3.05) is 6.54 Å². The molecule has 2 aromatic carbocycles. The van der Waals surface area contributed by atoms with Crippen LogP contribution in [0.25, 0.3) is 27.5 Å². The molecule has 8 nitrogen and oxygen atoms in total. The predicted molar refractivity (Wildman–Crippen MR) is 137 cm³/mol. The highest BCUT2D eigenvalue weighted by molar-refractivity contribution is 5.93. The molecule has 0 bridgehead atoms. The molecule has 178 valence electrons. The van der Waals surface area contributed by atoms with E-state index in [1.54, 1.807) is 6.20 Å². The lowest BCUT2D eigenvalue weighted by molar-refractivity contribution is 0.0937. The summed E-state index contributed by atoms with van der Waals surface area (Å²) in [6.07, 6.45) is 1.74. The maximum Gasteiger partial charge on any atom is 0.274 e. The molecule has 3 aromatic heterocycles. The van der Waals surface area contributed by atoms with E-state index in [-0.39, 0.29) is 29.1 Å². The van der Waals surface area contributed by atoms with Crippen LogP contribution in [0.5, 0.6) is 0 Å². The summed E-state index contributed by atoms with van der Waals surface area (Å²) >= 11 is 0. The Morgan fingerprint density at radius 3 is 2.51 bits per heavy atom. The van der Waals surface area contributed by atoms with Crippen molar-refractivity contribution in [3.05, 3.63) is 88.2 Å². The Morgan fingerprint density at radius 2 is 1.80 bits per heavy atom. The molecule has 1 atom stereocenters. The minimum absolute atomic E-state index is 0.00703. The molecule has 0 spiro atoms. The quantitative estimate of drug-likeness (QED) is 0.389. The second-order valence-corrected chi connectivity index (χ2v) is 9.31. The van der Waals surface area contributed by atoms with Crippen LogP contribution in [0.3, 0.4) is 0 Å². The maximum absolute atomic E-state index is 12.9. The molecule has 2 N–H and O–H groups in total. The molecule has 35 heavy (non-hydrogen) atoms. The number of aromatic nitrogens is 5. The molecule has 0 aliphatic carbocycles. The summed E-state index contributed by atoms with van der Waals surface area (Å²) in [6.45, 7) is 8.59. The van der Waals surface area contributed by atoms with Crippen LogP contribution in [0.1, 0.15) is 41.8 Å². The topological polar surface area (TPSA) is 97.1 Å². The van der Waals surface area contributed by atoms with E-state index in [1.165, 1.54) is 10.6 Å². The van der Waals surface area contributed by atoms with Gasteiger partial charge in [-0.1, -0.05) is 50.2 Å². The zero-order valence-electron chi connectivity index (χ0n) is 20.2. The fraction of sp³-hybridized carbons (Fsp3) is 0.259. The van der Waals surface area contributed by atoms with Crippen molar-refractivity contribution < 1.29 is 4.79 Å². The number of aryl methyl sites for hydroxylation is 2. The molecular formula is C27H28N6O2. The van der Waals surface area contributed by atoms with Gasteiger partial charge in [0.2, 0.25) is 0 Å². The minimum Gasteiger partial charge on any atom is -0.348 e. The van der Waals surface area contributed by atoms with Crippen LogP contribution < -0.4 is 10.9 Å². The number of rotatable bonds is 6. The lowest BCUT2D eigenvalue weighted by Crippen LogP contribution is -2.34. The Balaban J connectivity index is 1.40. The average molecular weight is 469 g/mol. The Hall–Kier alpha value is -4.20. The molecule has 0 saturated heterocycles. The molecule has 1 amide bonds. The fourth-order valence-electron chi connectivity index (χ4n) is 4.49. The first-order valence-corrected chi connectivity index (χ1v) is 11.7. The molecule has 5 aromatic rings. The van der Waals surface area contributed by atoms with Crippen molar-refractivity contribution in [2.24, 2.45) is 5.92 Å². The summed E-state index contributed by atoms with van der Waals surface area (Å²) in [6, 6.07) is 17.6. The molecule has 0 aliphatic rings. The zero-order chi connectivity index (χ0) is 24.7. The monoisotopic (exact) mass is 468 g/mol. The zero-order valence-corrected chi connectivity index (χ0v) is 20.2. The number of hydrogen-bond donors (Lipinski definition) is 2. The third kappa shape index (κ3) is 4.35. The Morgan fingerprint density at radius 1 is 1.03 bits per heavy atom. The number of hydrogen-bond acceptors (Lipinski definition) is 4. The van der Waals surface area contributed by atoms with E-state index in [9.17, 15) is 9.59 Å². The van der Waals surface area contributed by atoms with Crippen LogP contribution in [0.15, 0.2) is 65.6 Å². The second-order valence-electron chi connectivity index (χ2n) is 9.31. The minimum atomic E-state index is -0.326. The number of carbonyl (C=O) groups is 1. The highest BCUT2D eigenvalue weighted by atomic mass is 16.2. The van der Waals surface area contributed by atoms with E-state index in [0.29, 0.717) is 17.8 Å². The van der Waals surface area contributed by atoms with Gasteiger partial charge in [-0.25, -0.2) is 4.52 Å². The number of aromatic amines is 1. The van der Waals surface area contributed by atoms with Crippen molar-refractivity contribution in [2.45, 2.75) is 33.7 Å². The van der Waals surface area contributed by atoms with E-state index in [1.807, 2.05) is 67.1 Å². The number of benzene rings is 2. The Kier molecular flexibility index (Phi) is 5.72. The van der Waals surface area contributed by atoms with Crippen LogP contribution in [0, 0.1) is 19.8 Å². The van der Waals surface area contributed by atoms with Gasteiger partial charge in [0.05, 0.1) is 23.6 Å². The molecule has 0 fully saturated rings. The summed E-state index contributed by atoms with van der Waals surface area (Å²) < 4.78 is 3.43. The summed E-state index contributed by atoms with van der Waals surface area (Å²) in [5.41, 5.74) is 3.71. The molecule has 0 saturated carbocycles. The smallest absolute Gasteiger partial charge is 0.274 e. The SMILES string of the molecule is Cc1cc(C)n(C(CNC(=O)c2cc3c(=O)[nH]c(-c4ccc5ccccc5c4)cn3n2)C(C)C)n1. The number of carbonyl (C=O) groups excluding carboxylic acids is 1. The first kappa shape index (κ1) is 22.6. The maximum atomic E-state index is 12.9. The lowest BCUT2D eigenvalue weighted by Gasteiger charge is -2.23. The van der Waals surface area contributed by atoms with Gasteiger partial charge in [0.25, 0.3) is 11.5 Å². The fourth-order valence-corrected chi connectivity index (χ4v) is 4.49. The van der Waals surface area contributed by atoms with Gasteiger partial charge >= 0.3 is 0 Å². The normalized spacial score (nSPS) is 12.5. The molecule has 1 unspecified atom stereocenters.